The Morgan fingerprint density at radius 1 is 1.10 bits per heavy atom. The summed E-state index contributed by atoms with van der Waals surface area (Å²) in [4.78, 5) is 10.6. The van der Waals surface area contributed by atoms with Gasteiger partial charge in [-0.3, -0.25) is 4.79 Å². The lowest BCUT2D eigenvalue weighted by atomic mass is 10.1. The minimum absolute atomic E-state index is 0.0286. The largest absolute Gasteiger partial charge is 0.453 e. The number of rotatable bonds is 2. The van der Waals surface area contributed by atoms with Crippen LogP contribution >= 0.6 is 0 Å². The Hall–Kier alpha value is -2.19. The topological polar surface area (TPSA) is 30.2 Å². The van der Waals surface area contributed by atoms with Crippen molar-refractivity contribution in [2.24, 2.45) is 0 Å². The van der Waals surface area contributed by atoms with Gasteiger partial charge in [0.05, 0.1) is 11.1 Å². The van der Waals surface area contributed by atoms with Crippen molar-refractivity contribution in [2.45, 2.75) is 19.6 Å². The van der Waals surface area contributed by atoms with Crippen molar-refractivity contribution < 1.29 is 18.0 Å². The molecule has 1 aromatic heterocycles. The molecule has 0 aliphatic heterocycles. The molecule has 2 rings (SSSR count). The van der Waals surface area contributed by atoms with Crippen molar-refractivity contribution in [3.05, 3.63) is 47.2 Å². The summed E-state index contributed by atoms with van der Waals surface area (Å²) < 4.78 is 33.2. The highest BCUT2D eigenvalue weighted by Crippen LogP contribution is 2.27. The maximum absolute atomic E-state index is 14.1. The quantitative estimate of drug-likeness (QED) is 0.471. The number of benzene rings is 1. The van der Waals surface area contributed by atoms with E-state index in [0.29, 0.717) is 6.29 Å². The molecule has 0 saturated carbocycles. The van der Waals surface area contributed by atoms with Gasteiger partial charge in [0.25, 0.3) is 0 Å². The first-order valence-corrected chi connectivity index (χ1v) is 9.88. The fourth-order valence-corrected chi connectivity index (χ4v) is 2.16. The third kappa shape index (κ3) is 3.47. The molecule has 0 aliphatic rings. The molecule has 5 heteroatoms. The van der Waals surface area contributed by atoms with Crippen molar-refractivity contribution in [3.8, 4) is 22.8 Å². The van der Waals surface area contributed by atoms with E-state index in [-0.39, 0.29) is 22.6 Å². The fraction of sp³-hybridized carbons (Fsp3) is 0.188. The van der Waals surface area contributed by atoms with Crippen LogP contribution in [0.5, 0.6) is 0 Å². The van der Waals surface area contributed by atoms with Crippen LogP contribution in [-0.2, 0) is 0 Å². The van der Waals surface area contributed by atoms with Crippen molar-refractivity contribution in [1.29, 1.82) is 0 Å². The van der Waals surface area contributed by atoms with Gasteiger partial charge in [-0.1, -0.05) is 25.6 Å². The number of halogens is 2. The first-order chi connectivity index (χ1) is 9.81. The zero-order chi connectivity index (χ0) is 15.6. The second kappa shape index (κ2) is 5.66. The van der Waals surface area contributed by atoms with Gasteiger partial charge < -0.3 is 4.42 Å². The molecule has 0 aliphatic carbocycles. The van der Waals surface area contributed by atoms with Gasteiger partial charge in [-0.05, 0) is 24.3 Å². The van der Waals surface area contributed by atoms with Crippen molar-refractivity contribution in [2.75, 3.05) is 0 Å². The summed E-state index contributed by atoms with van der Waals surface area (Å²) in [5.74, 6) is 0.849. The van der Waals surface area contributed by atoms with Crippen molar-refractivity contribution in [3.63, 3.8) is 0 Å². The summed E-state index contributed by atoms with van der Waals surface area (Å²) in [6.45, 7) is 6.06. The number of carbonyl (C=O) groups is 1. The molecule has 0 unspecified atom stereocenters. The minimum Gasteiger partial charge on any atom is -0.453 e. The normalized spacial score (nSPS) is 10.9. The standard InChI is InChI=1S/C16H14F2O2Si/c1-21(2,3)9-8-11-4-6-13(16(18)15(11)17)14-7-5-12(10-19)20-14/h4-7,10H,1-3H3. The molecule has 21 heavy (non-hydrogen) atoms. The van der Waals surface area contributed by atoms with E-state index in [1.807, 2.05) is 19.6 Å². The van der Waals surface area contributed by atoms with Crippen LogP contribution in [-0.4, -0.2) is 14.4 Å². The number of furan rings is 1. The molecule has 0 fully saturated rings. The van der Waals surface area contributed by atoms with Crippen molar-refractivity contribution in [1.82, 2.24) is 0 Å². The van der Waals surface area contributed by atoms with Gasteiger partial charge in [0.2, 0.25) is 0 Å². The fourth-order valence-electron chi connectivity index (χ4n) is 1.65. The summed E-state index contributed by atoms with van der Waals surface area (Å²) in [6.07, 6.45) is 0.506. The Labute approximate surface area is 122 Å². The van der Waals surface area contributed by atoms with Gasteiger partial charge in [0, 0.05) is 0 Å². The molecule has 0 N–H and O–H groups in total. The van der Waals surface area contributed by atoms with E-state index in [1.54, 1.807) is 0 Å². The van der Waals surface area contributed by atoms with E-state index in [2.05, 4.69) is 11.5 Å². The second-order valence-electron chi connectivity index (χ2n) is 5.61. The Bertz CT molecular complexity index is 746. The SMILES string of the molecule is C[Si](C)(C)C#Cc1ccc(-c2ccc(C=O)o2)c(F)c1F. The summed E-state index contributed by atoms with van der Waals surface area (Å²) in [7, 11) is -1.67. The average Bonchev–Trinajstić information content (AvgIpc) is 2.88. The predicted molar refractivity (Wildman–Crippen MR) is 79.7 cm³/mol. The predicted octanol–water partition coefficient (Wildman–Crippen LogP) is 4.27. The highest BCUT2D eigenvalue weighted by atomic mass is 28.3. The van der Waals surface area contributed by atoms with E-state index in [4.69, 9.17) is 4.42 Å². The molecule has 0 bridgehead atoms. The van der Waals surface area contributed by atoms with E-state index in [9.17, 15) is 13.6 Å². The van der Waals surface area contributed by atoms with Gasteiger partial charge in [-0.2, -0.15) is 0 Å². The van der Waals surface area contributed by atoms with Gasteiger partial charge in [0.15, 0.2) is 23.7 Å². The molecule has 2 aromatic rings. The van der Waals surface area contributed by atoms with Gasteiger partial charge >= 0.3 is 0 Å². The Balaban J connectivity index is 2.46. The summed E-state index contributed by atoms with van der Waals surface area (Å²) in [5, 5.41) is 0. The first kappa shape index (κ1) is 15.2. The smallest absolute Gasteiger partial charge is 0.185 e. The van der Waals surface area contributed by atoms with Gasteiger partial charge in [0.1, 0.15) is 13.8 Å². The van der Waals surface area contributed by atoms with Crippen LogP contribution in [0.4, 0.5) is 8.78 Å². The highest BCUT2D eigenvalue weighted by molar-refractivity contribution is 6.83. The van der Waals surface area contributed by atoms with Crippen LogP contribution < -0.4 is 0 Å². The summed E-state index contributed by atoms with van der Waals surface area (Å²) in [5.41, 5.74) is 2.99. The molecule has 0 saturated heterocycles. The maximum Gasteiger partial charge on any atom is 0.185 e. The van der Waals surface area contributed by atoms with Crippen LogP contribution in [0.3, 0.4) is 0 Å². The van der Waals surface area contributed by atoms with Crippen molar-refractivity contribution >= 4 is 14.4 Å². The third-order valence-electron chi connectivity index (χ3n) is 2.66. The maximum atomic E-state index is 14.1. The zero-order valence-electron chi connectivity index (χ0n) is 12.0. The molecule has 1 heterocycles. The molecule has 2 nitrogen and oxygen atoms in total. The monoisotopic (exact) mass is 304 g/mol. The molecular weight excluding hydrogens is 290 g/mol. The minimum atomic E-state index is -1.67. The van der Waals surface area contributed by atoms with Crippen LogP contribution in [0.1, 0.15) is 16.1 Å². The Morgan fingerprint density at radius 3 is 2.38 bits per heavy atom. The van der Waals surface area contributed by atoms with E-state index < -0.39 is 19.7 Å². The number of hydrogen-bond acceptors (Lipinski definition) is 2. The van der Waals surface area contributed by atoms with Gasteiger partial charge in [-0.25, -0.2) is 8.78 Å². The van der Waals surface area contributed by atoms with Gasteiger partial charge in [-0.15, -0.1) is 5.54 Å². The van der Waals surface area contributed by atoms with E-state index >= 15 is 0 Å². The highest BCUT2D eigenvalue weighted by Gasteiger charge is 2.17. The molecule has 0 radical (unpaired) electrons. The average molecular weight is 304 g/mol. The van der Waals surface area contributed by atoms with Crippen LogP contribution in [0.25, 0.3) is 11.3 Å². The summed E-state index contributed by atoms with van der Waals surface area (Å²) >= 11 is 0. The molecule has 1 aromatic carbocycles. The Morgan fingerprint density at radius 2 is 1.81 bits per heavy atom. The third-order valence-corrected chi connectivity index (χ3v) is 3.54. The Kier molecular flexibility index (Phi) is 4.10. The molecular formula is C16H14F2O2Si. The number of hydrogen-bond donors (Lipinski definition) is 0. The van der Waals surface area contributed by atoms with Crippen LogP contribution in [0.2, 0.25) is 19.6 Å². The molecule has 0 atom stereocenters. The second-order valence-corrected chi connectivity index (χ2v) is 10.4. The lowest BCUT2D eigenvalue weighted by Gasteiger charge is -2.05. The molecule has 108 valence electrons. The molecule has 0 amide bonds. The lowest BCUT2D eigenvalue weighted by molar-refractivity contribution is 0.110. The van der Waals surface area contributed by atoms with E-state index in [0.717, 1.165) is 0 Å². The first-order valence-electron chi connectivity index (χ1n) is 6.38. The van der Waals surface area contributed by atoms with Crippen LogP contribution in [0, 0.1) is 23.1 Å². The lowest BCUT2D eigenvalue weighted by Crippen LogP contribution is -2.16. The van der Waals surface area contributed by atoms with E-state index in [1.165, 1.54) is 24.3 Å². The van der Waals surface area contributed by atoms with Crippen LogP contribution in [0.15, 0.2) is 28.7 Å². The molecule has 0 spiro atoms. The number of carbonyl (C=O) groups excluding carboxylic acids is 1. The summed E-state index contributed by atoms with van der Waals surface area (Å²) in [6, 6.07) is 5.65. The zero-order valence-corrected chi connectivity index (χ0v) is 13.0. The number of aldehydes is 1.